The lowest BCUT2D eigenvalue weighted by Gasteiger charge is -2.26. The lowest BCUT2D eigenvalue weighted by Crippen LogP contribution is -2.40. The Morgan fingerprint density at radius 3 is 2.58 bits per heavy atom. The molecular formula is C23H25N5O6S2. The van der Waals surface area contributed by atoms with E-state index in [0.717, 1.165) is 11.1 Å². The second-order valence-corrected chi connectivity index (χ2v) is 11.0. The maximum Gasteiger partial charge on any atom is 0.243 e. The Hall–Kier alpha value is -3.13. The number of thioether (sulfide) groups is 1. The molecule has 0 unspecified atom stereocenters. The molecule has 36 heavy (non-hydrogen) atoms. The summed E-state index contributed by atoms with van der Waals surface area (Å²) >= 11 is 1.27. The van der Waals surface area contributed by atoms with Crippen molar-refractivity contribution in [3.05, 3.63) is 48.0 Å². The summed E-state index contributed by atoms with van der Waals surface area (Å²) in [6.07, 6.45) is 0. The molecule has 1 saturated heterocycles. The van der Waals surface area contributed by atoms with E-state index in [4.69, 9.17) is 14.2 Å². The molecule has 2 aliphatic rings. The Balaban J connectivity index is 1.17. The van der Waals surface area contributed by atoms with Gasteiger partial charge in [0.2, 0.25) is 22.7 Å². The van der Waals surface area contributed by atoms with Crippen LogP contribution in [-0.2, 0) is 33.1 Å². The number of benzene rings is 2. The molecule has 0 spiro atoms. The number of carbonyl (C=O) groups is 1. The number of carbonyl (C=O) groups excluding carboxylic acids is 1. The molecule has 3 heterocycles. The van der Waals surface area contributed by atoms with Gasteiger partial charge in [-0.25, -0.2) is 8.42 Å². The summed E-state index contributed by atoms with van der Waals surface area (Å²) in [7, 11) is -1.76. The second-order valence-electron chi connectivity index (χ2n) is 8.16. The fourth-order valence-corrected chi connectivity index (χ4v) is 5.99. The standard InChI is InChI=1S/C23H25N5O6S2/c1-27-22(17-3-5-18(6-4-17)36(30,31)28-8-10-32-11-9-28)25-26-23(27)35-14-21(29)24-13-16-2-7-19-20(12-16)34-15-33-19/h2-7,12H,8-11,13-15H2,1H3,(H,24,29). The molecule has 0 radical (unpaired) electrons. The van der Waals surface area contributed by atoms with Crippen LogP contribution in [0.5, 0.6) is 11.5 Å². The van der Waals surface area contributed by atoms with E-state index < -0.39 is 10.0 Å². The van der Waals surface area contributed by atoms with E-state index in [1.165, 1.54) is 16.1 Å². The lowest BCUT2D eigenvalue weighted by atomic mass is 10.2. The maximum absolute atomic E-state index is 12.8. The van der Waals surface area contributed by atoms with E-state index in [-0.39, 0.29) is 23.3 Å². The average molecular weight is 532 g/mol. The van der Waals surface area contributed by atoms with Gasteiger partial charge < -0.3 is 24.1 Å². The van der Waals surface area contributed by atoms with Gasteiger partial charge in [-0.3, -0.25) is 4.79 Å². The number of morpholine rings is 1. The fraction of sp³-hybridized carbons (Fsp3) is 0.348. The van der Waals surface area contributed by atoms with Gasteiger partial charge in [0.05, 0.1) is 23.9 Å². The topological polar surface area (TPSA) is 125 Å². The smallest absolute Gasteiger partial charge is 0.243 e. The van der Waals surface area contributed by atoms with Crippen molar-refractivity contribution in [1.82, 2.24) is 24.4 Å². The third-order valence-electron chi connectivity index (χ3n) is 5.81. The predicted molar refractivity (Wildman–Crippen MR) is 131 cm³/mol. The minimum absolute atomic E-state index is 0.139. The van der Waals surface area contributed by atoms with Gasteiger partial charge in [0, 0.05) is 32.2 Å². The first-order chi connectivity index (χ1) is 17.4. The van der Waals surface area contributed by atoms with Crippen molar-refractivity contribution >= 4 is 27.7 Å². The Morgan fingerprint density at radius 1 is 1.06 bits per heavy atom. The molecule has 5 rings (SSSR count). The maximum atomic E-state index is 12.8. The van der Waals surface area contributed by atoms with Gasteiger partial charge in [0.1, 0.15) is 0 Å². The molecule has 11 nitrogen and oxygen atoms in total. The van der Waals surface area contributed by atoms with Gasteiger partial charge in [-0.1, -0.05) is 17.8 Å². The van der Waals surface area contributed by atoms with Crippen LogP contribution in [0, 0.1) is 0 Å². The van der Waals surface area contributed by atoms with Gasteiger partial charge in [-0.15, -0.1) is 10.2 Å². The molecule has 0 aliphatic carbocycles. The number of nitrogens with zero attached hydrogens (tertiary/aromatic N) is 4. The van der Waals surface area contributed by atoms with Crippen molar-refractivity contribution in [3.8, 4) is 22.9 Å². The van der Waals surface area contributed by atoms with Crippen LogP contribution in [0.2, 0.25) is 0 Å². The minimum atomic E-state index is -3.56. The van der Waals surface area contributed by atoms with Crippen LogP contribution in [0.1, 0.15) is 5.56 Å². The predicted octanol–water partition coefficient (Wildman–Crippen LogP) is 1.64. The first-order valence-corrected chi connectivity index (χ1v) is 13.7. The third-order valence-corrected chi connectivity index (χ3v) is 8.75. The molecule has 2 aromatic carbocycles. The molecule has 0 atom stereocenters. The summed E-state index contributed by atoms with van der Waals surface area (Å²) in [4.78, 5) is 12.6. The van der Waals surface area contributed by atoms with Crippen LogP contribution < -0.4 is 14.8 Å². The number of hydrogen-bond acceptors (Lipinski definition) is 9. The van der Waals surface area contributed by atoms with Crippen molar-refractivity contribution in [2.45, 2.75) is 16.6 Å². The van der Waals surface area contributed by atoms with Crippen LogP contribution >= 0.6 is 11.8 Å². The summed E-state index contributed by atoms with van der Waals surface area (Å²) < 4.78 is 44.8. The Kier molecular flexibility index (Phi) is 7.14. The molecule has 1 amide bonds. The summed E-state index contributed by atoms with van der Waals surface area (Å²) in [5.41, 5.74) is 1.64. The second kappa shape index (κ2) is 10.5. The van der Waals surface area contributed by atoms with Crippen LogP contribution in [0.3, 0.4) is 0 Å². The molecule has 0 saturated carbocycles. The Bertz CT molecular complexity index is 1350. The molecule has 3 aromatic rings. The lowest BCUT2D eigenvalue weighted by molar-refractivity contribution is -0.118. The van der Waals surface area contributed by atoms with Crippen LogP contribution in [-0.4, -0.2) is 72.2 Å². The molecule has 2 aliphatic heterocycles. The van der Waals surface area contributed by atoms with Gasteiger partial charge in [-0.05, 0) is 42.0 Å². The van der Waals surface area contributed by atoms with Gasteiger partial charge in [-0.2, -0.15) is 4.31 Å². The molecule has 190 valence electrons. The summed E-state index contributed by atoms with van der Waals surface area (Å²) in [5, 5.41) is 11.9. The first kappa shape index (κ1) is 24.6. The number of ether oxygens (including phenoxy) is 3. The first-order valence-electron chi connectivity index (χ1n) is 11.3. The van der Waals surface area contributed by atoms with Crippen LogP contribution in [0.4, 0.5) is 0 Å². The average Bonchev–Trinajstić information content (AvgIpc) is 3.52. The van der Waals surface area contributed by atoms with E-state index in [1.54, 1.807) is 35.9 Å². The van der Waals surface area contributed by atoms with E-state index in [2.05, 4.69) is 15.5 Å². The molecule has 13 heteroatoms. The van der Waals surface area contributed by atoms with Crippen molar-refractivity contribution in [3.63, 3.8) is 0 Å². The number of aromatic nitrogens is 3. The fourth-order valence-electron chi connectivity index (χ4n) is 3.84. The minimum Gasteiger partial charge on any atom is -0.454 e. The zero-order valence-electron chi connectivity index (χ0n) is 19.5. The SMILES string of the molecule is Cn1c(SCC(=O)NCc2ccc3c(c2)OCO3)nnc1-c1ccc(S(=O)(=O)N2CCOCC2)cc1. The highest BCUT2D eigenvalue weighted by Crippen LogP contribution is 2.32. The summed E-state index contributed by atoms with van der Waals surface area (Å²) in [6.45, 7) is 2.07. The quantitative estimate of drug-likeness (QED) is 0.432. The van der Waals surface area contributed by atoms with Crippen molar-refractivity contribution in [2.24, 2.45) is 7.05 Å². The van der Waals surface area contributed by atoms with Crippen molar-refractivity contribution in [1.29, 1.82) is 0 Å². The van der Waals surface area contributed by atoms with Crippen molar-refractivity contribution in [2.75, 3.05) is 38.8 Å². The molecular weight excluding hydrogens is 506 g/mol. The third kappa shape index (κ3) is 5.19. The van der Waals surface area contributed by atoms with Crippen molar-refractivity contribution < 1.29 is 27.4 Å². The molecule has 0 bridgehead atoms. The van der Waals surface area contributed by atoms with Crippen LogP contribution in [0.25, 0.3) is 11.4 Å². The number of hydrogen-bond donors (Lipinski definition) is 1. The zero-order chi connectivity index (χ0) is 25.1. The summed E-state index contributed by atoms with van der Waals surface area (Å²) in [6, 6.07) is 12.1. The van der Waals surface area contributed by atoms with Gasteiger partial charge in [0.25, 0.3) is 0 Å². The Morgan fingerprint density at radius 2 is 1.81 bits per heavy atom. The van der Waals surface area contributed by atoms with E-state index >= 15 is 0 Å². The van der Waals surface area contributed by atoms with Gasteiger partial charge >= 0.3 is 0 Å². The van der Waals surface area contributed by atoms with E-state index in [1.807, 2.05) is 18.2 Å². The molecule has 1 fully saturated rings. The highest BCUT2D eigenvalue weighted by atomic mass is 32.2. The number of sulfonamides is 1. The zero-order valence-corrected chi connectivity index (χ0v) is 21.2. The number of nitrogens with one attached hydrogen (secondary N) is 1. The van der Waals surface area contributed by atoms with Gasteiger partial charge in [0.15, 0.2) is 22.5 Å². The van der Waals surface area contributed by atoms with E-state index in [0.29, 0.717) is 55.3 Å². The summed E-state index contributed by atoms with van der Waals surface area (Å²) in [5.74, 6) is 1.99. The van der Waals surface area contributed by atoms with E-state index in [9.17, 15) is 13.2 Å². The molecule has 1 N–H and O–H groups in total. The largest absolute Gasteiger partial charge is 0.454 e. The Labute approximate surface area is 212 Å². The highest BCUT2D eigenvalue weighted by molar-refractivity contribution is 7.99. The monoisotopic (exact) mass is 531 g/mol. The normalized spacial score (nSPS) is 15.7. The number of fused-ring (bicyclic) bond motifs is 1. The number of rotatable bonds is 8. The number of amides is 1. The molecule has 1 aromatic heterocycles. The highest BCUT2D eigenvalue weighted by Gasteiger charge is 2.26. The van der Waals surface area contributed by atoms with Crippen LogP contribution in [0.15, 0.2) is 52.5 Å².